The second kappa shape index (κ2) is 5.06. The smallest absolute Gasteiger partial charge is 0.416 e. The standard InChI is InChI=1S/C8H10F3NO4/c9-8(10,11)6(13)3-12-7(14)5-4-15-1-2-16-5/h4,6,13H,1-3H2,(H,12,14). The van der Waals surface area contributed by atoms with Crippen molar-refractivity contribution in [3.63, 3.8) is 0 Å². The molecule has 0 aromatic heterocycles. The van der Waals surface area contributed by atoms with Crippen LogP contribution in [0.15, 0.2) is 12.0 Å². The number of ether oxygens (including phenoxy) is 2. The molecule has 8 heteroatoms. The van der Waals surface area contributed by atoms with Gasteiger partial charge in [0.15, 0.2) is 6.10 Å². The summed E-state index contributed by atoms with van der Waals surface area (Å²) in [5, 5.41) is 10.5. The first-order valence-electron chi connectivity index (χ1n) is 4.39. The predicted octanol–water partition coefficient (Wildman–Crippen LogP) is -0.0860. The summed E-state index contributed by atoms with van der Waals surface area (Å²) in [4.78, 5) is 11.2. The Labute approximate surface area is 88.8 Å². The van der Waals surface area contributed by atoms with Gasteiger partial charge in [0.1, 0.15) is 19.5 Å². The lowest BCUT2D eigenvalue weighted by Gasteiger charge is -2.17. The first-order chi connectivity index (χ1) is 7.41. The lowest BCUT2D eigenvalue weighted by molar-refractivity contribution is -0.201. The van der Waals surface area contributed by atoms with Gasteiger partial charge in [-0.2, -0.15) is 13.2 Å². The van der Waals surface area contributed by atoms with E-state index < -0.39 is 24.7 Å². The molecule has 0 radical (unpaired) electrons. The third-order valence-electron chi connectivity index (χ3n) is 1.71. The van der Waals surface area contributed by atoms with Gasteiger partial charge in [-0.3, -0.25) is 4.79 Å². The monoisotopic (exact) mass is 241 g/mol. The third-order valence-corrected chi connectivity index (χ3v) is 1.71. The number of hydrogen-bond donors (Lipinski definition) is 2. The van der Waals surface area contributed by atoms with Crippen LogP contribution in [0.2, 0.25) is 0 Å². The van der Waals surface area contributed by atoms with Crippen molar-refractivity contribution < 1.29 is 32.5 Å². The topological polar surface area (TPSA) is 67.8 Å². The van der Waals surface area contributed by atoms with Crippen LogP contribution in [0.25, 0.3) is 0 Å². The Hall–Kier alpha value is -1.44. The quantitative estimate of drug-likeness (QED) is 0.724. The fourth-order valence-electron chi connectivity index (χ4n) is 0.880. The van der Waals surface area contributed by atoms with Crippen LogP contribution in [0, 0.1) is 0 Å². The Kier molecular flexibility index (Phi) is 3.99. The van der Waals surface area contributed by atoms with Crippen LogP contribution in [-0.4, -0.2) is 43.1 Å². The number of aliphatic hydroxyl groups excluding tert-OH is 1. The molecule has 92 valence electrons. The number of alkyl halides is 3. The zero-order valence-electron chi connectivity index (χ0n) is 8.08. The average Bonchev–Trinajstić information content (AvgIpc) is 2.25. The van der Waals surface area contributed by atoms with Crippen molar-refractivity contribution in [2.45, 2.75) is 12.3 Å². The van der Waals surface area contributed by atoms with Crippen LogP contribution in [-0.2, 0) is 14.3 Å². The van der Waals surface area contributed by atoms with Crippen molar-refractivity contribution in [2.24, 2.45) is 0 Å². The summed E-state index contributed by atoms with van der Waals surface area (Å²) in [5.41, 5.74) is 0. The van der Waals surface area contributed by atoms with E-state index in [1.807, 2.05) is 5.32 Å². The van der Waals surface area contributed by atoms with Gasteiger partial charge in [-0.25, -0.2) is 0 Å². The molecule has 16 heavy (non-hydrogen) atoms. The summed E-state index contributed by atoms with van der Waals surface area (Å²) in [7, 11) is 0. The fraction of sp³-hybridized carbons (Fsp3) is 0.625. The van der Waals surface area contributed by atoms with Crippen molar-refractivity contribution in [1.29, 1.82) is 0 Å². The molecule has 1 rings (SSSR count). The summed E-state index contributed by atoms with van der Waals surface area (Å²) < 4.78 is 45.2. The molecule has 0 saturated heterocycles. The molecule has 0 fully saturated rings. The summed E-state index contributed by atoms with van der Waals surface area (Å²) in [5.74, 6) is -1.07. The van der Waals surface area contributed by atoms with Crippen molar-refractivity contribution in [1.82, 2.24) is 5.32 Å². The zero-order chi connectivity index (χ0) is 12.2. The lowest BCUT2D eigenvalue weighted by Crippen LogP contribution is -2.41. The number of rotatable bonds is 3. The number of carbonyl (C=O) groups excluding carboxylic acids is 1. The maximum Gasteiger partial charge on any atom is 0.416 e. The number of amides is 1. The number of carbonyl (C=O) groups is 1. The molecule has 1 amide bonds. The number of halogens is 3. The third kappa shape index (κ3) is 3.61. The molecule has 0 aromatic rings. The van der Waals surface area contributed by atoms with Crippen molar-refractivity contribution in [2.75, 3.05) is 19.8 Å². The van der Waals surface area contributed by atoms with E-state index in [0.717, 1.165) is 6.26 Å². The average molecular weight is 241 g/mol. The second-order valence-corrected chi connectivity index (χ2v) is 2.97. The van der Waals surface area contributed by atoms with Gasteiger partial charge in [-0.15, -0.1) is 0 Å². The van der Waals surface area contributed by atoms with Gasteiger partial charge >= 0.3 is 6.18 Å². The van der Waals surface area contributed by atoms with E-state index in [0.29, 0.717) is 0 Å². The Bertz CT molecular complexity index is 289. The highest BCUT2D eigenvalue weighted by Crippen LogP contribution is 2.19. The molecule has 1 unspecified atom stereocenters. The maximum atomic E-state index is 11.9. The summed E-state index contributed by atoms with van der Waals surface area (Å²) in [6, 6.07) is 0. The van der Waals surface area contributed by atoms with Crippen LogP contribution in [0.3, 0.4) is 0 Å². The van der Waals surface area contributed by atoms with Crippen molar-refractivity contribution >= 4 is 5.91 Å². The normalized spacial score (nSPS) is 17.9. The van der Waals surface area contributed by atoms with E-state index in [4.69, 9.17) is 14.6 Å². The van der Waals surface area contributed by atoms with E-state index in [1.54, 1.807) is 0 Å². The number of hydrogen-bond acceptors (Lipinski definition) is 4. The highest BCUT2D eigenvalue weighted by molar-refractivity contribution is 5.91. The molecule has 1 aliphatic rings. The van der Waals surface area contributed by atoms with Gasteiger partial charge in [0.05, 0.1) is 6.54 Å². The van der Waals surface area contributed by atoms with Gasteiger partial charge in [-0.1, -0.05) is 0 Å². The summed E-state index contributed by atoms with van der Waals surface area (Å²) in [6.45, 7) is -0.494. The lowest BCUT2D eigenvalue weighted by atomic mass is 10.3. The molecule has 0 spiro atoms. The Morgan fingerprint density at radius 3 is 2.75 bits per heavy atom. The molecule has 2 N–H and O–H groups in total. The van der Waals surface area contributed by atoms with Crippen molar-refractivity contribution in [3.05, 3.63) is 12.0 Å². The summed E-state index contributed by atoms with van der Waals surface area (Å²) >= 11 is 0. The Morgan fingerprint density at radius 2 is 2.25 bits per heavy atom. The van der Waals surface area contributed by atoms with Crippen LogP contribution >= 0.6 is 0 Å². The zero-order valence-corrected chi connectivity index (χ0v) is 8.08. The minimum atomic E-state index is -4.76. The van der Waals surface area contributed by atoms with E-state index in [9.17, 15) is 18.0 Å². The molecule has 1 heterocycles. The highest BCUT2D eigenvalue weighted by Gasteiger charge is 2.38. The molecular weight excluding hydrogens is 231 g/mol. The molecule has 1 atom stereocenters. The molecule has 0 saturated carbocycles. The largest absolute Gasteiger partial charge is 0.494 e. The Balaban J connectivity index is 2.38. The highest BCUT2D eigenvalue weighted by atomic mass is 19.4. The number of nitrogens with one attached hydrogen (secondary N) is 1. The molecule has 0 aromatic carbocycles. The summed E-state index contributed by atoms with van der Waals surface area (Å²) in [6.07, 6.45) is -6.34. The van der Waals surface area contributed by atoms with Crippen LogP contribution in [0.5, 0.6) is 0 Å². The van der Waals surface area contributed by atoms with Crippen molar-refractivity contribution in [3.8, 4) is 0 Å². The molecule has 1 aliphatic heterocycles. The molecular formula is C8H10F3NO4. The SMILES string of the molecule is O=C(NCC(O)C(F)(F)F)C1=COCCO1. The Morgan fingerprint density at radius 1 is 1.56 bits per heavy atom. The van der Waals surface area contributed by atoms with Gasteiger partial charge in [0.2, 0.25) is 5.76 Å². The first-order valence-corrected chi connectivity index (χ1v) is 4.39. The van der Waals surface area contributed by atoms with Crippen LogP contribution < -0.4 is 5.32 Å². The second-order valence-electron chi connectivity index (χ2n) is 2.97. The van der Waals surface area contributed by atoms with Gasteiger partial charge < -0.3 is 19.9 Å². The van der Waals surface area contributed by atoms with E-state index >= 15 is 0 Å². The first kappa shape index (κ1) is 12.6. The van der Waals surface area contributed by atoms with Gasteiger partial charge in [0.25, 0.3) is 5.91 Å². The van der Waals surface area contributed by atoms with E-state index in [1.165, 1.54) is 0 Å². The van der Waals surface area contributed by atoms with Gasteiger partial charge in [0, 0.05) is 0 Å². The molecule has 0 bridgehead atoms. The van der Waals surface area contributed by atoms with E-state index in [2.05, 4.69) is 0 Å². The number of aliphatic hydroxyl groups is 1. The maximum absolute atomic E-state index is 11.9. The van der Waals surface area contributed by atoms with E-state index in [-0.39, 0.29) is 19.0 Å². The van der Waals surface area contributed by atoms with Crippen LogP contribution in [0.4, 0.5) is 13.2 Å². The minimum absolute atomic E-state index is 0.154. The van der Waals surface area contributed by atoms with Crippen LogP contribution in [0.1, 0.15) is 0 Å². The minimum Gasteiger partial charge on any atom is -0.494 e. The van der Waals surface area contributed by atoms with Gasteiger partial charge in [-0.05, 0) is 0 Å². The molecule has 0 aliphatic carbocycles. The predicted molar refractivity (Wildman–Crippen MR) is 45.1 cm³/mol. The fourth-order valence-corrected chi connectivity index (χ4v) is 0.880. The molecule has 5 nitrogen and oxygen atoms in total.